The maximum atomic E-state index is 11.1. The first-order valence-corrected chi connectivity index (χ1v) is 6.74. The number of rotatable bonds is 6. The zero-order chi connectivity index (χ0) is 13.1. The summed E-state index contributed by atoms with van der Waals surface area (Å²) in [5, 5.41) is 16.9. The monoisotopic (exact) mass is 268 g/mol. The Labute approximate surface area is 109 Å². The number of hydrogen-bond donors (Lipinski definition) is 2. The third kappa shape index (κ3) is 2.79. The second kappa shape index (κ2) is 5.34. The third-order valence-electron chi connectivity index (χ3n) is 2.61. The van der Waals surface area contributed by atoms with Gasteiger partial charge >= 0.3 is 5.97 Å². The molecule has 98 valence electrons. The van der Waals surface area contributed by atoms with E-state index in [9.17, 15) is 4.79 Å². The van der Waals surface area contributed by atoms with Crippen molar-refractivity contribution in [3.63, 3.8) is 0 Å². The Morgan fingerprint density at radius 2 is 2.44 bits per heavy atom. The quantitative estimate of drug-likeness (QED) is 0.839. The smallest absolute Gasteiger partial charge is 0.326 e. The van der Waals surface area contributed by atoms with Crippen LogP contribution in [0.2, 0.25) is 0 Å². The maximum absolute atomic E-state index is 11.1. The van der Waals surface area contributed by atoms with Gasteiger partial charge in [0.1, 0.15) is 6.04 Å². The van der Waals surface area contributed by atoms with Crippen molar-refractivity contribution in [2.75, 3.05) is 5.32 Å². The summed E-state index contributed by atoms with van der Waals surface area (Å²) in [6, 6.07) is -0.582. The number of imidazole rings is 1. The molecule has 0 fully saturated rings. The van der Waals surface area contributed by atoms with E-state index in [1.54, 1.807) is 4.52 Å². The minimum absolute atomic E-state index is 0.582. The van der Waals surface area contributed by atoms with Crippen molar-refractivity contribution in [1.82, 2.24) is 14.6 Å². The zero-order valence-corrected chi connectivity index (χ0v) is 11.2. The number of carbonyl (C=O) groups is 1. The standard InChI is InChI=1S/C11H16N4O2S/c1-3-4-5-8(9(16)17)13-10-14-15-6-7(2)12-11(15)18-10/h6,8H,3-5H2,1-2H3,(H,13,14)(H,16,17). The molecule has 0 saturated carbocycles. The van der Waals surface area contributed by atoms with Crippen molar-refractivity contribution in [3.05, 3.63) is 11.9 Å². The highest BCUT2D eigenvalue weighted by atomic mass is 32.1. The van der Waals surface area contributed by atoms with E-state index in [0.717, 1.165) is 23.5 Å². The topological polar surface area (TPSA) is 79.5 Å². The van der Waals surface area contributed by atoms with Crippen LogP contribution < -0.4 is 5.32 Å². The number of fused-ring (bicyclic) bond motifs is 1. The number of carboxylic acid groups (broad SMARTS) is 1. The Morgan fingerprint density at radius 3 is 3.06 bits per heavy atom. The number of aryl methyl sites for hydroxylation is 1. The molecule has 0 bridgehead atoms. The minimum atomic E-state index is -0.840. The molecule has 0 amide bonds. The van der Waals surface area contributed by atoms with Gasteiger partial charge in [-0.2, -0.15) is 0 Å². The number of nitrogens with one attached hydrogen (secondary N) is 1. The molecule has 0 saturated heterocycles. The fourth-order valence-corrected chi connectivity index (χ4v) is 2.56. The van der Waals surface area contributed by atoms with Crippen molar-refractivity contribution < 1.29 is 9.90 Å². The number of hydrogen-bond acceptors (Lipinski definition) is 5. The van der Waals surface area contributed by atoms with Gasteiger partial charge in [0, 0.05) is 0 Å². The first-order chi connectivity index (χ1) is 8.60. The molecule has 18 heavy (non-hydrogen) atoms. The highest BCUT2D eigenvalue weighted by Crippen LogP contribution is 2.20. The Hall–Kier alpha value is -1.63. The van der Waals surface area contributed by atoms with Crippen LogP contribution in [0.1, 0.15) is 31.9 Å². The molecule has 0 aliphatic rings. The van der Waals surface area contributed by atoms with Crippen molar-refractivity contribution in [2.45, 2.75) is 39.2 Å². The van der Waals surface area contributed by atoms with Gasteiger partial charge < -0.3 is 10.4 Å². The molecule has 2 heterocycles. The first-order valence-electron chi connectivity index (χ1n) is 5.92. The predicted molar refractivity (Wildman–Crippen MR) is 70.2 cm³/mol. The van der Waals surface area contributed by atoms with E-state index in [4.69, 9.17) is 5.11 Å². The van der Waals surface area contributed by atoms with Gasteiger partial charge in [-0.05, 0) is 13.3 Å². The molecule has 1 atom stereocenters. The second-order valence-electron chi connectivity index (χ2n) is 4.19. The van der Waals surface area contributed by atoms with Crippen molar-refractivity contribution in [1.29, 1.82) is 0 Å². The van der Waals surface area contributed by atoms with Crippen LogP contribution in [0.4, 0.5) is 5.13 Å². The number of anilines is 1. The normalized spacial score (nSPS) is 12.8. The number of nitrogens with zero attached hydrogens (tertiary/aromatic N) is 3. The van der Waals surface area contributed by atoms with Gasteiger partial charge in [0.2, 0.25) is 10.1 Å². The van der Waals surface area contributed by atoms with Gasteiger partial charge in [0.05, 0.1) is 11.9 Å². The lowest BCUT2D eigenvalue weighted by Crippen LogP contribution is -2.29. The van der Waals surface area contributed by atoms with Crippen LogP contribution in [-0.4, -0.2) is 31.7 Å². The van der Waals surface area contributed by atoms with E-state index in [1.165, 1.54) is 11.3 Å². The van der Waals surface area contributed by atoms with E-state index < -0.39 is 12.0 Å². The molecular formula is C11H16N4O2S. The molecule has 2 rings (SSSR count). The summed E-state index contributed by atoms with van der Waals surface area (Å²) in [6.45, 7) is 3.94. The lowest BCUT2D eigenvalue weighted by atomic mass is 10.1. The predicted octanol–water partition coefficient (Wildman–Crippen LogP) is 2.15. The Bertz CT molecular complexity index is 517. The highest BCUT2D eigenvalue weighted by Gasteiger charge is 2.18. The van der Waals surface area contributed by atoms with Crippen LogP contribution in [0.3, 0.4) is 0 Å². The van der Waals surface area contributed by atoms with Gasteiger partial charge in [-0.15, -0.1) is 5.10 Å². The third-order valence-corrected chi connectivity index (χ3v) is 3.46. The van der Waals surface area contributed by atoms with Crippen LogP contribution in [0, 0.1) is 6.92 Å². The van der Waals surface area contributed by atoms with Gasteiger partial charge in [-0.3, -0.25) is 0 Å². The summed E-state index contributed by atoms with van der Waals surface area (Å²) in [7, 11) is 0. The van der Waals surface area contributed by atoms with Gasteiger partial charge in [0.15, 0.2) is 0 Å². The molecule has 2 aromatic rings. The molecule has 0 aromatic carbocycles. The van der Waals surface area contributed by atoms with Crippen LogP contribution in [0.15, 0.2) is 6.20 Å². The van der Waals surface area contributed by atoms with Gasteiger partial charge in [0.25, 0.3) is 0 Å². The van der Waals surface area contributed by atoms with Gasteiger partial charge in [-0.1, -0.05) is 31.1 Å². The molecule has 0 aliphatic heterocycles. The molecule has 7 heteroatoms. The van der Waals surface area contributed by atoms with Gasteiger partial charge in [-0.25, -0.2) is 14.3 Å². The molecular weight excluding hydrogens is 252 g/mol. The Kier molecular flexibility index (Phi) is 3.81. The van der Waals surface area contributed by atoms with Crippen LogP contribution >= 0.6 is 11.3 Å². The summed E-state index contributed by atoms with van der Waals surface area (Å²) < 4.78 is 1.67. The lowest BCUT2D eigenvalue weighted by Gasteiger charge is -2.12. The van der Waals surface area contributed by atoms with Crippen LogP contribution in [0.5, 0.6) is 0 Å². The Balaban J connectivity index is 2.09. The summed E-state index contributed by atoms with van der Waals surface area (Å²) in [4.78, 5) is 16.2. The molecule has 6 nitrogen and oxygen atoms in total. The number of aliphatic carboxylic acids is 1. The fraction of sp³-hybridized carbons (Fsp3) is 0.545. The van der Waals surface area contributed by atoms with E-state index in [-0.39, 0.29) is 0 Å². The summed E-state index contributed by atoms with van der Waals surface area (Å²) in [5.41, 5.74) is 0.904. The maximum Gasteiger partial charge on any atom is 0.326 e. The van der Waals surface area contributed by atoms with E-state index in [0.29, 0.717) is 11.6 Å². The van der Waals surface area contributed by atoms with E-state index in [2.05, 4.69) is 15.4 Å². The van der Waals surface area contributed by atoms with Crippen LogP contribution in [0.25, 0.3) is 4.96 Å². The summed E-state index contributed by atoms with van der Waals surface area (Å²) in [6.07, 6.45) is 4.28. The average Bonchev–Trinajstić information content (AvgIpc) is 2.80. The van der Waals surface area contributed by atoms with E-state index in [1.807, 2.05) is 20.0 Å². The molecule has 0 spiro atoms. The molecule has 0 radical (unpaired) electrons. The number of carboxylic acids is 1. The summed E-state index contributed by atoms with van der Waals surface area (Å²) in [5.74, 6) is -0.840. The highest BCUT2D eigenvalue weighted by molar-refractivity contribution is 7.20. The number of aromatic nitrogens is 3. The Morgan fingerprint density at radius 1 is 1.67 bits per heavy atom. The molecule has 2 aromatic heterocycles. The number of unbranched alkanes of at least 4 members (excludes halogenated alkanes) is 1. The first kappa shape index (κ1) is 12.8. The fourth-order valence-electron chi connectivity index (χ4n) is 1.68. The van der Waals surface area contributed by atoms with Crippen molar-refractivity contribution in [3.8, 4) is 0 Å². The van der Waals surface area contributed by atoms with Crippen molar-refractivity contribution >= 4 is 27.4 Å². The van der Waals surface area contributed by atoms with Crippen LogP contribution in [-0.2, 0) is 4.79 Å². The molecule has 1 unspecified atom stereocenters. The summed E-state index contributed by atoms with van der Waals surface area (Å²) >= 11 is 1.36. The SMILES string of the molecule is CCCCC(Nc1nn2cc(C)nc2s1)C(=O)O. The minimum Gasteiger partial charge on any atom is -0.480 e. The molecule has 2 N–H and O–H groups in total. The van der Waals surface area contributed by atoms with E-state index >= 15 is 0 Å². The van der Waals surface area contributed by atoms with Crippen molar-refractivity contribution in [2.24, 2.45) is 0 Å². The largest absolute Gasteiger partial charge is 0.480 e. The second-order valence-corrected chi connectivity index (χ2v) is 5.15. The zero-order valence-electron chi connectivity index (χ0n) is 10.4. The lowest BCUT2D eigenvalue weighted by molar-refractivity contribution is -0.138. The average molecular weight is 268 g/mol. The molecule has 0 aliphatic carbocycles.